The van der Waals surface area contributed by atoms with Crippen molar-refractivity contribution in [2.45, 2.75) is 19.1 Å². The molecule has 0 amide bonds. The summed E-state index contributed by atoms with van der Waals surface area (Å²) in [6.07, 6.45) is -4.48. The third kappa shape index (κ3) is 2.85. The fraction of sp³-hybridized carbons (Fsp3) is 0.273. The minimum absolute atomic E-state index is 0.102. The molecule has 1 unspecified atom stereocenters. The van der Waals surface area contributed by atoms with E-state index in [-0.39, 0.29) is 11.3 Å². The third-order valence-electron chi connectivity index (χ3n) is 2.59. The lowest BCUT2D eigenvalue weighted by Gasteiger charge is -2.14. The van der Waals surface area contributed by atoms with Gasteiger partial charge in [0.2, 0.25) is 0 Å². The Labute approximate surface area is 111 Å². The van der Waals surface area contributed by atoms with Crippen LogP contribution in [0.3, 0.4) is 0 Å². The van der Waals surface area contributed by atoms with Gasteiger partial charge in [0, 0.05) is 0 Å². The number of anilines is 1. The predicted molar refractivity (Wildman–Crippen MR) is 62.4 cm³/mol. The number of halogens is 3. The molecule has 0 aliphatic heterocycles. The number of benzene rings is 1. The van der Waals surface area contributed by atoms with Crippen molar-refractivity contribution in [3.63, 3.8) is 0 Å². The second-order valence-corrected chi connectivity index (χ2v) is 4.01. The summed E-state index contributed by atoms with van der Waals surface area (Å²) < 4.78 is 37.7. The Morgan fingerprint density at radius 3 is 2.70 bits per heavy atom. The van der Waals surface area contributed by atoms with Crippen LogP contribution in [-0.4, -0.2) is 20.6 Å². The maximum absolute atomic E-state index is 12.6. The van der Waals surface area contributed by atoms with E-state index >= 15 is 0 Å². The number of hydrogen-bond donors (Lipinski definition) is 2. The van der Waals surface area contributed by atoms with Gasteiger partial charge in [-0.1, -0.05) is 5.21 Å². The van der Waals surface area contributed by atoms with Crippen LogP contribution in [0.2, 0.25) is 0 Å². The number of nitriles is 1. The fourth-order valence-electron chi connectivity index (χ4n) is 1.59. The Morgan fingerprint density at radius 2 is 2.15 bits per heavy atom. The van der Waals surface area contributed by atoms with Crippen LogP contribution in [0.4, 0.5) is 18.9 Å². The zero-order valence-electron chi connectivity index (χ0n) is 10.2. The van der Waals surface area contributed by atoms with Gasteiger partial charge in [-0.05, 0) is 25.1 Å². The highest BCUT2D eigenvalue weighted by Gasteiger charge is 2.31. The van der Waals surface area contributed by atoms with Crippen molar-refractivity contribution in [1.29, 1.82) is 5.26 Å². The van der Waals surface area contributed by atoms with Crippen LogP contribution in [0.5, 0.6) is 0 Å². The van der Waals surface area contributed by atoms with Crippen molar-refractivity contribution in [3.8, 4) is 6.07 Å². The number of tetrazole rings is 1. The predicted octanol–water partition coefficient (Wildman–Crippen LogP) is 2.26. The smallest absolute Gasteiger partial charge is 0.374 e. The first-order valence-electron chi connectivity index (χ1n) is 5.53. The van der Waals surface area contributed by atoms with Gasteiger partial charge in [0.25, 0.3) is 0 Å². The van der Waals surface area contributed by atoms with Gasteiger partial charge in [-0.25, -0.2) is 0 Å². The minimum atomic E-state index is -4.48. The normalized spacial score (nSPS) is 12.8. The number of alkyl halides is 3. The molecule has 2 aromatic rings. The van der Waals surface area contributed by atoms with Crippen molar-refractivity contribution in [2.24, 2.45) is 0 Å². The summed E-state index contributed by atoms with van der Waals surface area (Å²) in [4.78, 5) is 0. The monoisotopic (exact) mass is 282 g/mol. The molecule has 1 aromatic heterocycles. The molecule has 0 bridgehead atoms. The Hall–Kier alpha value is -2.63. The number of nitrogens with zero attached hydrogens (tertiary/aromatic N) is 4. The van der Waals surface area contributed by atoms with Crippen LogP contribution in [0, 0.1) is 11.3 Å². The first kappa shape index (κ1) is 13.8. The summed E-state index contributed by atoms with van der Waals surface area (Å²) in [5, 5.41) is 25.0. The van der Waals surface area contributed by atoms with E-state index in [4.69, 9.17) is 5.26 Å². The van der Waals surface area contributed by atoms with Crippen molar-refractivity contribution >= 4 is 5.69 Å². The first-order valence-corrected chi connectivity index (χ1v) is 5.53. The summed E-state index contributed by atoms with van der Waals surface area (Å²) in [5.74, 6) is 0.341. The molecule has 1 heterocycles. The van der Waals surface area contributed by atoms with Gasteiger partial charge in [-0.3, -0.25) is 0 Å². The third-order valence-corrected chi connectivity index (χ3v) is 2.59. The SMILES string of the molecule is CC(Nc1ccc(C(F)(F)F)cc1C#N)c1nn[nH]n1. The fourth-order valence-corrected chi connectivity index (χ4v) is 1.59. The van der Waals surface area contributed by atoms with Crippen molar-refractivity contribution in [2.75, 3.05) is 5.32 Å². The molecule has 0 aliphatic rings. The number of aromatic nitrogens is 4. The van der Waals surface area contributed by atoms with E-state index in [9.17, 15) is 13.2 Å². The molecule has 2 N–H and O–H groups in total. The van der Waals surface area contributed by atoms with Gasteiger partial charge < -0.3 is 5.32 Å². The molecule has 104 valence electrons. The van der Waals surface area contributed by atoms with E-state index in [0.717, 1.165) is 12.1 Å². The molecule has 0 saturated heterocycles. The largest absolute Gasteiger partial charge is 0.416 e. The molecule has 0 spiro atoms. The lowest BCUT2D eigenvalue weighted by molar-refractivity contribution is -0.137. The molecule has 2 rings (SSSR count). The van der Waals surface area contributed by atoms with Gasteiger partial charge in [0.1, 0.15) is 6.07 Å². The summed E-state index contributed by atoms with van der Waals surface area (Å²) in [5.41, 5.74) is -0.695. The van der Waals surface area contributed by atoms with Gasteiger partial charge in [0.05, 0.1) is 22.9 Å². The molecule has 6 nitrogen and oxygen atoms in total. The van der Waals surface area contributed by atoms with E-state index in [1.54, 1.807) is 13.0 Å². The van der Waals surface area contributed by atoms with Crippen molar-refractivity contribution < 1.29 is 13.2 Å². The van der Waals surface area contributed by atoms with Crippen molar-refractivity contribution in [1.82, 2.24) is 20.6 Å². The molecular weight excluding hydrogens is 273 g/mol. The average molecular weight is 282 g/mol. The molecule has 0 fully saturated rings. The summed E-state index contributed by atoms with van der Waals surface area (Å²) in [6, 6.07) is 4.24. The maximum atomic E-state index is 12.6. The molecule has 9 heteroatoms. The van der Waals surface area contributed by atoms with Gasteiger partial charge in [-0.15, -0.1) is 10.2 Å². The van der Waals surface area contributed by atoms with Gasteiger partial charge >= 0.3 is 6.18 Å². The van der Waals surface area contributed by atoms with Crippen LogP contribution in [0.15, 0.2) is 18.2 Å². The molecule has 1 aromatic carbocycles. The average Bonchev–Trinajstić information content (AvgIpc) is 2.91. The van der Waals surface area contributed by atoms with Crippen LogP contribution < -0.4 is 5.32 Å². The van der Waals surface area contributed by atoms with Crippen molar-refractivity contribution in [3.05, 3.63) is 35.2 Å². The quantitative estimate of drug-likeness (QED) is 0.901. The highest BCUT2D eigenvalue weighted by Crippen LogP contribution is 2.32. The molecular formula is C11H9F3N6. The van der Waals surface area contributed by atoms with Crippen LogP contribution in [-0.2, 0) is 6.18 Å². The first-order chi connectivity index (χ1) is 9.41. The molecule has 0 aliphatic carbocycles. The number of H-pyrrole nitrogens is 1. The molecule has 20 heavy (non-hydrogen) atoms. The zero-order chi connectivity index (χ0) is 14.8. The number of nitrogens with one attached hydrogen (secondary N) is 2. The van der Waals surface area contributed by atoms with E-state index in [1.165, 1.54) is 6.07 Å². The van der Waals surface area contributed by atoms with E-state index < -0.39 is 17.8 Å². The van der Waals surface area contributed by atoms with Crippen LogP contribution in [0.1, 0.15) is 29.9 Å². The Kier molecular flexibility index (Phi) is 3.56. The standard InChI is InChI=1S/C11H9F3N6/c1-6(10-17-19-20-18-10)16-9-3-2-8(11(12,13)14)4-7(9)5-15/h2-4,6,16H,1H3,(H,17,18,19,20). The summed E-state index contributed by atoms with van der Waals surface area (Å²) >= 11 is 0. The maximum Gasteiger partial charge on any atom is 0.416 e. The summed E-state index contributed by atoms with van der Waals surface area (Å²) in [7, 11) is 0. The Balaban J connectivity index is 2.27. The topological polar surface area (TPSA) is 90.3 Å². The molecule has 0 saturated carbocycles. The number of aromatic amines is 1. The summed E-state index contributed by atoms with van der Waals surface area (Å²) in [6.45, 7) is 1.70. The van der Waals surface area contributed by atoms with Crippen LogP contribution in [0.25, 0.3) is 0 Å². The van der Waals surface area contributed by atoms with Crippen LogP contribution >= 0.6 is 0 Å². The molecule has 0 radical (unpaired) electrons. The van der Waals surface area contributed by atoms with Gasteiger partial charge in [0.15, 0.2) is 5.82 Å². The second kappa shape index (κ2) is 5.16. The lowest BCUT2D eigenvalue weighted by Crippen LogP contribution is -2.11. The second-order valence-electron chi connectivity index (χ2n) is 4.01. The zero-order valence-corrected chi connectivity index (χ0v) is 10.2. The van der Waals surface area contributed by atoms with E-state index in [0.29, 0.717) is 5.82 Å². The Bertz CT molecular complexity index is 629. The molecule has 1 atom stereocenters. The van der Waals surface area contributed by atoms with Gasteiger partial charge in [-0.2, -0.15) is 23.6 Å². The lowest BCUT2D eigenvalue weighted by atomic mass is 10.1. The van der Waals surface area contributed by atoms with E-state index in [2.05, 4.69) is 25.9 Å². The highest BCUT2D eigenvalue weighted by atomic mass is 19.4. The number of hydrogen-bond acceptors (Lipinski definition) is 5. The Morgan fingerprint density at radius 1 is 1.40 bits per heavy atom. The van der Waals surface area contributed by atoms with E-state index in [1.807, 2.05) is 0 Å². The highest BCUT2D eigenvalue weighted by molar-refractivity contribution is 5.59. The number of rotatable bonds is 3. The minimum Gasteiger partial charge on any atom is -0.374 e.